The van der Waals surface area contributed by atoms with E-state index < -0.39 is 17.9 Å². The number of carbonyl (C=O) groups excluding carboxylic acids is 2. The molecule has 2 amide bonds. The smallest absolute Gasteiger partial charge is 0.254 e. The van der Waals surface area contributed by atoms with E-state index in [1.165, 1.54) is 0 Å². The Morgan fingerprint density at radius 1 is 1.29 bits per heavy atom. The molecule has 2 aliphatic rings. The number of amides is 2. The molecule has 0 radical (unpaired) electrons. The second kappa shape index (κ2) is 8.09. The average molecular weight is 389 g/mol. The van der Waals surface area contributed by atoms with E-state index in [9.17, 15) is 9.59 Å². The molecular weight excluding hydrogens is 358 g/mol. The second-order valence-corrected chi connectivity index (χ2v) is 8.13. The van der Waals surface area contributed by atoms with Crippen LogP contribution in [0, 0.1) is 0 Å². The van der Waals surface area contributed by atoms with E-state index in [1.807, 2.05) is 51.0 Å². The summed E-state index contributed by atoms with van der Waals surface area (Å²) in [5.74, 6) is -1.12. The van der Waals surface area contributed by atoms with E-state index in [1.54, 1.807) is 11.0 Å². The van der Waals surface area contributed by atoms with E-state index in [0.717, 1.165) is 18.5 Å². The number of fused-ring (bicyclic) bond motifs is 1. The Bertz CT molecular complexity index is 734. The minimum absolute atomic E-state index is 0.181. The molecule has 154 valence electrons. The summed E-state index contributed by atoms with van der Waals surface area (Å²) in [5.41, 5.74) is 1.49. The molecular formula is C21H31N3O4. The number of carbonyl (C=O) groups is 2. The predicted octanol–water partition coefficient (Wildman–Crippen LogP) is 2.01. The molecule has 2 heterocycles. The Labute approximate surface area is 167 Å². The molecule has 2 aliphatic heterocycles. The number of ether oxygens (including phenoxy) is 2. The molecule has 1 aromatic carbocycles. The summed E-state index contributed by atoms with van der Waals surface area (Å²) in [5, 5.41) is 2.95. The van der Waals surface area contributed by atoms with E-state index in [4.69, 9.17) is 9.47 Å². The standard InChI is InChI=1S/C21H31N3O4/c1-6-7-11-22-19(25)17-18-16(27-21(2,3)28-18)13-24(17)20(26)14-9-8-10-15(12-14)23(4)5/h8-10,12,16-18H,6-7,11,13H2,1-5H3,(H,22,25)/t16-,17-,18-/m0/s1. The highest BCUT2D eigenvalue weighted by atomic mass is 16.8. The van der Waals surface area contributed by atoms with Crippen LogP contribution in [0.25, 0.3) is 0 Å². The summed E-state index contributed by atoms with van der Waals surface area (Å²) in [6.45, 7) is 6.67. The SMILES string of the molecule is CCCCNC(=O)[C@@H]1[C@H]2OC(C)(C)O[C@H]2CN1C(=O)c1cccc(N(C)C)c1. The van der Waals surface area contributed by atoms with Crippen LogP contribution in [-0.4, -0.2) is 67.9 Å². The van der Waals surface area contributed by atoms with E-state index in [2.05, 4.69) is 12.2 Å². The van der Waals surface area contributed by atoms with Crippen LogP contribution in [0.1, 0.15) is 44.0 Å². The predicted molar refractivity (Wildman–Crippen MR) is 107 cm³/mol. The molecule has 0 aliphatic carbocycles. The molecule has 0 aromatic heterocycles. The Hall–Kier alpha value is -2.12. The van der Waals surface area contributed by atoms with Gasteiger partial charge in [-0.2, -0.15) is 0 Å². The van der Waals surface area contributed by atoms with Crippen LogP contribution in [0.3, 0.4) is 0 Å². The first kappa shape index (κ1) is 20.6. The highest BCUT2D eigenvalue weighted by Crippen LogP contribution is 2.37. The van der Waals surface area contributed by atoms with Gasteiger partial charge in [-0.05, 0) is 38.5 Å². The van der Waals surface area contributed by atoms with E-state index in [0.29, 0.717) is 18.7 Å². The number of rotatable bonds is 6. The molecule has 2 fully saturated rings. The Balaban J connectivity index is 1.84. The van der Waals surface area contributed by atoms with Crippen molar-refractivity contribution in [2.45, 2.75) is 57.6 Å². The third kappa shape index (κ3) is 4.15. The van der Waals surface area contributed by atoms with E-state index in [-0.39, 0.29) is 17.9 Å². The quantitative estimate of drug-likeness (QED) is 0.754. The average Bonchev–Trinajstić information content (AvgIpc) is 3.12. The molecule has 7 heteroatoms. The Kier molecular flexibility index (Phi) is 5.95. The maximum absolute atomic E-state index is 13.3. The fourth-order valence-corrected chi connectivity index (χ4v) is 3.83. The molecule has 0 spiro atoms. The van der Waals surface area contributed by atoms with Gasteiger partial charge in [-0.1, -0.05) is 19.4 Å². The second-order valence-electron chi connectivity index (χ2n) is 8.13. The fraction of sp³-hybridized carbons (Fsp3) is 0.619. The van der Waals surface area contributed by atoms with Crippen LogP contribution < -0.4 is 10.2 Å². The lowest BCUT2D eigenvalue weighted by molar-refractivity contribution is -0.162. The van der Waals surface area contributed by atoms with Gasteiger partial charge in [0, 0.05) is 31.9 Å². The topological polar surface area (TPSA) is 71.1 Å². The first-order chi connectivity index (χ1) is 13.2. The van der Waals surface area contributed by atoms with Crippen LogP contribution in [0.5, 0.6) is 0 Å². The molecule has 0 saturated carbocycles. The number of hydrogen-bond donors (Lipinski definition) is 1. The van der Waals surface area contributed by atoms with Crippen molar-refractivity contribution in [2.24, 2.45) is 0 Å². The van der Waals surface area contributed by atoms with Crippen LogP contribution in [0.15, 0.2) is 24.3 Å². The summed E-state index contributed by atoms with van der Waals surface area (Å²) in [6, 6.07) is 6.72. The fourth-order valence-electron chi connectivity index (χ4n) is 3.83. The van der Waals surface area contributed by atoms with Gasteiger partial charge >= 0.3 is 0 Å². The van der Waals surface area contributed by atoms with Gasteiger partial charge in [-0.15, -0.1) is 0 Å². The number of likely N-dealkylation sites (tertiary alicyclic amines) is 1. The maximum atomic E-state index is 13.3. The molecule has 0 bridgehead atoms. The summed E-state index contributed by atoms with van der Waals surface area (Å²) < 4.78 is 12.0. The van der Waals surface area contributed by atoms with Crippen molar-refractivity contribution < 1.29 is 19.1 Å². The minimum Gasteiger partial charge on any atom is -0.378 e. The normalized spacial score (nSPS) is 25.5. The number of benzene rings is 1. The zero-order valence-corrected chi connectivity index (χ0v) is 17.4. The molecule has 0 unspecified atom stereocenters. The Morgan fingerprint density at radius 3 is 2.71 bits per heavy atom. The molecule has 3 rings (SSSR count). The zero-order valence-electron chi connectivity index (χ0n) is 17.4. The molecule has 1 N–H and O–H groups in total. The lowest BCUT2D eigenvalue weighted by atomic mass is 10.1. The monoisotopic (exact) mass is 389 g/mol. The lowest BCUT2D eigenvalue weighted by Crippen LogP contribution is -2.51. The third-order valence-electron chi connectivity index (χ3n) is 5.21. The molecule has 28 heavy (non-hydrogen) atoms. The van der Waals surface area contributed by atoms with Crippen molar-refractivity contribution in [2.75, 3.05) is 32.1 Å². The van der Waals surface area contributed by atoms with Gasteiger partial charge in [0.25, 0.3) is 5.91 Å². The summed E-state index contributed by atoms with van der Waals surface area (Å²) in [6.07, 6.45) is 1.12. The van der Waals surface area contributed by atoms with Crippen molar-refractivity contribution in [1.29, 1.82) is 0 Å². The number of nitrogens with zero attached hydrogens (tertiary/aromatic N) is 2. The first-order valence-electron chi connectivity index (χ1n) is 9.95. The van der Waals surface area contributed by atoms with Crippen molar-refractivity contribution in [1.82, 2.24) is 10.2 Å². The van der Waals surface area contributed by atoms with Crippen LogP contribution >= 0.6 is 0 Å². The summed E-state index contributed by atoms with van der Waals surface area (Å²) >= 11 is 0. The Morgan fingerprint density at radius 2 is 2.04 bits per heavy atom. The largest absolute Gasteiger partial charge is 0.378 e. The summed E-state index contributed by atoms with van der Waals surface area (Å²) in [4.78, 5) is 29.8. The number of anilines is 1. The number of unbranched alkanes of at least 4 members (excludes halogenated alkanes) is 1. The van der Waals surface area contributed by atoms with Crippen LogP contribution in [0.4, 0.5) is 5.69 Å². The van der Waals surface area contributed by atoms with Gasteiger partial charge in [-0.3, -0.25) is 9.59 Å². The van der Waals surface area contributed by atoms with Gasteiger partial charge in [0.15, 0.2) is 5.79 Å². The van der Waals surface area contributed by atoms with Crippen molar-refractivity contribution in [3.05, 3.63) is 29.8 Å². The first-order valence-corrected chi connectivity index (χ1v) is 9.95. The van der Waals surface area contributed by atoms with Crippen LogP contribution in [-0.2, 0) is 14.3 Å². The highest BCUT2D eigenvalue weighted by Gasteiger charge is 2.56. The highest BCUT2D eigenvalue weighted by molar-refractivity contribution is 5.99. The maximum Gasteiger partial charge on any atom is 0.254 e. The van der Waals surface area contributed by atoms with Gasteiger partial charge in [0.2, 0.25) is 5.91 Å². The van der Waals surface area contributed by atoms with Crippen molar-refractivity contribution >= 4 is 17.5 Å². The molecule has 7 nitrogen and oxygen atoms in total. The van der Waals surface area contributed by atoms with Gasteiger partial charge in [0.1, 0.15) is 18.2 Å². The number of nitrogens with one attached hydrogen (secondary N) is 1. The summed E-state index contributed by atoms with van der Waals surface area (Å²) in [7, 11) is 3.86. The molecule has 3 atom stereocenters. The zero-order chi connectivity index (χ0) is 20.5. The van der Waals surface area contributed by atoms with Gasteiger partial charge in [0.05, 0.1) is 6.54 Å². The number of hydrogen-bond acceptors (Lipinski definition) is 5. The molecule has 1 aromatic rings. The van der Waals surface area contributed by atoms with Gasteiger partial charge < -0.3 is 24.6 Å². The lowest BCUT2D eigenvalue weighted by Gasteiger charge is -2.29. The van der Waals surface area contributed by atoms with Gasteiger partial charge in [-0.25, -0.2) is 0 Å². The van der Waals surface area contributed by atoms with Crippen molar-refractivity contribution in [3.8, 4) is 0 Å². The minimum atomic E-state index is -0.753. The van der Waals surface area contributed by atoms with Crippen molar-refractivity contribution in [3.63, 3.8) is 0 Å². The third-order valence-corrected chi connectivity index (χ3v) is 5.21. The van der Waals surface area contributed by atoms with E-state index >= 15 is 0 Å². The van der Waals surface area contributed by atoms with Crippen LogP contribution in [0.2, 0.25) is 0 Å². The molecule has 2 saturated heterocycles.